The predicted molar refractivity (Wildman–Crippen MR) is 84.8 cm³/mol. The van der Waals surface area contributed by atoms with Gasteiger partial charge >= 0.3 is 5.97 Å². The van der Waals surface area contributed by atoms with Gasteiger partial charge in [-0.1, -0.05) is 36.4 Å². The summed E-state index contributed by atoms with van der Waals surface area (Å²) in [5, 5.41) is 0. The smallest absolute Gasteiger partial charge is 0.308 e. The Kier molecular flexibility index (Phi) is 3.88. The number of ether oxygens (including phenoxy) is 1. The van der Waals surface area contributed by atoms with Crippen molar-refractivity contribution in [1.82, 2.24) is 0 Å². The van der Waals surface area contributed by atoms with Crippen LogP contribution in [-0.4, -0.2) is 11.8 Å². The number of ketones is 1. The number of hydrogen-bond donors (Lipinski definition) is 0. The molecule has 0 heterocycles. The summed E-state index contributed by atoms with van der Waals surface area (Å²) in [6.07, 6.45) is 3.55. The second-order valence-electron chi connectivity index (χ2n) is 5.32. The Balaban J connectivity index is 1.84. The number of benzene rings is 2. The van der Waals surface area contributed by atoms with Crippen molar-refractivity contribution < 1.29 is 14.3 Å². The number of carbonyl (C=O) groups excluding carboxylic acids is 2. The van der Waals surface area contributed by atoms with Crippen LogP contribution in [0.4, 0.5) is 0 Å². The molecule has 3 heteroatoms. The Morgan fingerprint density at radius 2 is 1.77 bits per heavy atom. The summed E-state index contributed by atoms with van der Waals surface area (Å²) in [6, 6.07) is 14.9. The third-order valence-corrected chi connectivity index (χ3v) is 3.70. The fourth-order valence-electron chi connectivity index (χ4n) is 2.65. The molecule has 0 spiro atoms. The van der Waals surface area contributed by atoms with Gasteiger partial charge < -0.3 is 4.74 Å². The van der Waals surface area contributed by atoms with E-state index in [4.69, 9.17) is 4.74 Å². The van der Waals surface area contributed by atoms with Gasteiger partial charge in [-0.3, -0.25) is 9.59 Å². The van der Waals surface area contributed by atoms with Crippen molar-refractivity contribution in [3.63, 3.8) is 0 Å². The van der Waals surface area contributed by atoms with E-state index in [1.54, 1.807) is 12.1 Å². The number of hydrogen-bond acceptors (Lipinski definition) is 3. The topological polar surface area (TPSA) is 43.4 Å². The van der Waals surface area contributed by atoms with Crippen LogP contribution in [0.25, 0.3) is 6.08 Å². The first-order valence-electron chi connectivity index (χ1n) is 7.25. The number of carbonyl (C=O) groups is 2. The number of aryl methyl sites for hydroxylation is 1. The molecule has 1 aliphatic rings. The number of fused-ring (bicyclic) bond motifs is 1. The van der Waals surface area contributed by atoms with E-state index < -0.39 is 0 Å². The van der Waals surface area contributed by atoms with E-state index in [-0.39, 0.29) is 11.8 Å². The van der Waals surface area contributed by atoms with Gasteiger partial charge in [0.25, 0.3) is 0 Å². The number of rotatable bonds is 2. The van der Waals surface area contributed by atoms with E-state index in [9.17, 15) is 9.59 Å². The van der Waals surface area contributed by atoms with Crippen LogP contribution in [0.15, 0.2) is 54.1 Å². The zero-order chi connectivity index (χ0) is 15.5. The largest absolute Gasteiger partial charge is 0.427 e. The minimum Gasteiger partial charge on any atom is -0.427 e. The molecule has 0 atom stereocenters. The van der Waals surface area contributed by atoms with Crippen molar-refractivity contribution in [3.05, 3.63) is 70.8 Å². The maximum atomic E-state index is 12.5. The molecule has 0 aliphatic heterocycles. The van der Waals surface area contributed by atoms with Crippen LogP contribution in [0.3, 0.4) is 0 Å². The van der Waals surface area contributed by atoms with Crippen LogP contribution in [-0.2, 0) is 11.2 Å². The highest BCUT2D eigenvalue weighted by Crippen LogP contribution is 2.26. The maximum Gasteiger partial charge on any atom is 0.308 e. The van der Waals surface area contributed by atoms with Gasteiger partial charge in [0.2, 0.25) is 0 Å². The summed E-state index contributed by atoms with van der Waals surface area (Å²) in [5.41, 5.74) is 3.67. The second-order valence-corrected chi connectivity index (χ2v) is 5.32. The third-order valence-electron chi connectivity index (χ3n) is 3.70. The quantitative estimate of drug-likeness (QED) is 0.480. The Bertz CT molecular complexity index is 755. The van der Waals surface area contributed by atoms with Crippen LogP contribution in [0.5, 0.6) is 5.75 Å². The summed E-state index contributed by atoms with van der Waals surface area (Å²) in [7, 11) is 0. The molecule has 0 bridgehead atoms. The zero-order valence-electron chi connectivity index (χ0n) is 12.3. The van der Waals surface area contributed by atoms with Crippen molar-refractivity contribution in [2.45, 2.75) is 19.8 Å². The highest BCUT2D eigenvalue weighted by Gasteiger charge is 2.20. The van der Waals surface area contributed by atoms with Crippen LogP contribution in [0.2, 0.25) is 0 Å². The van der Waals surface area contributed by atoms with E-state index in [0.717, 1.165) is 35.1 Å². The molecule has 0 N–H and O–H groups in total. The van der Waals surface area contributed by atoms with Gasteiger partial charge in [-0.15, -0.1) is 0 Å². The fraction of sp³-hybridized carbons (Fsp3) is 0.158. The van der Waals surface area contributed by atoms with Crippen LogP contribution in [0, 0.1) is 0 Å². The highest BCUT2D eigenvalue weighted by atomic mass is 16.5. The van der Waals surface area contributed by atoms with E-state index >= 15 is 0 Å². The van der Waals surface area contributed by atoms with Crippen LogP contribution >= 0.6 is 0 Å². The molecule has 0 saturated carbocycles. The first kappa shape index (κ1) is 14.3. The molecule has 0 aromatic heterocycles. The predicted octanol–water partition coefficient (Wildman–Crippen LogP) is 3.82. The molecule has 3 nitrogen and oxygen atoms in total. The standard InChI is InChI=1S/C19H16O3/c1-13(20)22-17-10-6-14(7-11-17)12-16-9-8-15-4-2-3-5-18(15)19(16)21/h2-7,10-12H,8-9H2,1H3/b16-12+. The van der Waals surface area contributed by atoms with Crippen molar-refractivity contribution in [3.8, 4) is 5.75 Å². The molecular formula is C19H16O3. The van der Waals surface area contributed by atoms with Crippen molar-refractivity contribution in [2.24, 2.45) is 0 Å². The molecular weight excluding hydrogens is 276 g/mol. The lowest BCUT2D eigenvalue weighted by molar-refractivity contribution is -0.131. The molecule has 0 amide bonds. The SMILES string of the molecule is CC(=O)Oc1ccc(/C=C2\CCc3ccccc3C2=O)cc1. The van der Waals surface area contributed by atoms with Crippen molar-refractivity contribution >= 4 is 17.8 Å². The molecule has 0 radical (unpaired) electrons. The monoisotopic (exact) mass is 292 g/mol. The average Bonchev–Trinajstić information content (AvgIpc) is 2.52. The Morgan fingerprint density at radius 3 is 2.50 bits per heavy atom. The van der Waals surface area contributed by atoms with Gasteiger partial charge in [-0.05, 0) is 42.2 Å². The summed E-state index contributed by atoms with van der Waals surface area (Å²) >= 11 is 0. The number of allylic oxidation sites excluding steroid dienone is 1. The third kappa shape index (κ3) is 2.98. The molecule has 0 unspecified atom stereocenters. The molecule has 1 aliphatic carbocycles. The van der Waals surface area contributed by atoms with Gasteiger partial charge in [0, 0.05) is 18.1 Å². The van der Waals surface area contributed by atoms with Crippen LogP contribution < -0.4 is 4.74 Å². The molecule has 0 fully saturated rings. The number of Topliss-reactive ketones (excluding diaryl/α,β-unsaturated/α-hetero) is 1. The Hall–Kier alpha value is -2.68. The molecule has 2 aromatic rings. The van der Waals surface area contributed by atoms with E-state index in [1.165, 1.54) is 6.92 Å². The van der Waals surface area contributed by atoms with E-state index in [0.29, 0.717) is 5.75 Å². The summed E-state index contributed by atoms with van der Waals surface area (Å²) < 4.78 is 5.00. The molecule has 0 saturated heterocycles. The van der Waals surface area contributed by atoms with Gasteiger partial charge in [0.1, 0.15) is 5.75 Å². The van der Waals surface area contributed by atoms with Gasteiger partial charge in [-0.2, -0.15) is 0 Å². The highest BCUT2D eigenvalue weighted by molar-refractivity contribution is 6.13. The maximum absolute atomic E-state index is 12.5. The normalized spacial score (nSPS) is 15.5. The zero-order valence-corrected chi connectivity index (χ0v) is 12.3. The Morgan fingerprint density at radius 1 is 1.05 bits per heavy atom. The lowest BCUT2D eigenvalue weighted by Gasteiger charge is -2.17. The molecule has 2 aromatic carbocycles. The minimum atomic E-state index is -0.342. The molecule has 110 valence electrons. The first-order valence-corrected chi connectivity index (χ1v) is 7.25. The van der Waals surface area contributed by atoms with Gasteiger partial charge in [0.15, 0.2) is 5.78 Å². The van der Waals surface area contributed by atoms with Crippen molar-refractivity contribution in [1.29, 1.82) is 0 Å². The summed E-state index contributed by atoms with van der Waals surface area (Å²) in [6.45, 7) is 1.37. The average molecular weight is 292 g/mol. The molecule has 3 rings (SSSR count). The van der Waals surface area contributed by atoms with Gasteiger partial charge in [-0.25, -0.2) is 0 Å². The lowest BCUT2D eigenvalue weighted by atomic mass is 9.86. The van der Waals surface area contributed by atoms with Crippen LogP contribution in [0.1, 0.15) is 34.8 Å². The Labute approximate surface area is 129 Å². The van der Waals surface area contributed by atoms with Gasteiger partial charge in [0.05, 0.1) is 0 Å². The van der Waals surface area contributed by atoms with E-state index in [1.807, 2.05) is 42.5 Å². The minimum absolute atomic E-state index is 0.103. The molecule has 22 heavy (non-hydrogen) atoms. The second kappa shape index (κ2) is 5.98. The van der Waals surface area contributed by atoms with E-state index in [2.05, 4.69) is 0 Å². The first-order chi connectivity index (χ1) is 10.6. The van der Waals surface area contributed by atoms with Crippen molar-refractivity contribution in [2.75, 3.05) is 0 Å². The summed E-state index contributed by atoms with van der Waals surface area (Å²) in [5.74, 6) is 0.269. The lowest BCUT2D eigenvalue weighted by Crippen LogP contribution is -2.13. The fourth-order valence-corrected chi connectivity index (χ4v) is 2.65. The summed E-state index contributed by atoms with van der Waals surface area (Å²) in [4.78, 5) is 23.4. The number of esters is 1.